The maximum atomic E-state index is 12.9. The molecular formula is C18H19N3O3S. The zero-order chi connectivity index (χ0) is 18.0. The van der Waals surface area contributed by atoms with Crippen molar-refractivity contribution in [2.75, 3.05) is 12.5 Å². The van der Waals surface area contributed by atoms with E-state index in [9.17, 15) is 9.59 Å². The van der Waals surface area contributed by atoms with Crippen LogP contribution < -0.4 is 11.0 Å². The van der Waals surface area contributed by atoms with Gasteiger partial charge in [-0.3, -0.25) is 15.0 Å². The number of aromatic nitrogens is 2. The number of amides is 1. The summed E-state index contributed by atoms with van der Waals surface area (Å²) in [4.78, 5) is 31.2. The third kappa shape index (κ3) is 3.20. The summed E-state index contributed by atoms with van der Waals surface area (Å²) in [5, 5.41) is 0.516. The summed E-state index contributed by atoms with van der Waals surface area (Å²) < 4.78 is 6.24. The third-order valence-corrected chi connectivity index (χ3v) is 5.04. The molecule has 0 radical (unpaired) electrons. The van der Waals surface area contributed by atoms with E-state index in [0.717, 1.165) is 20.7 Å². The van der Waals surface area contributed by atoms with Gasteiger partial charge in [0.1, 0.15) is 17.3 Å². The summed E-state index contributed by atoms with van der Waals surface area (Å²) in [5.74, 6) is -0.374. The summed E-state index contributed by atoms with van der Waals surface area (Å²) in [5.41, 5.74) is 4.09. The van der Waals surface area contributed by atoms with Gasteiger partial charge in [0, 0.05) is 17.6 Å². The van der Waals surface area contributed by atoms with Gasteiger partial charge in [-0.15, -0.1) is 11.3 Å². The van der Waals surface area contributed by atoms with Gasteiger partial charge in [-0.05, 0) is 18.9 Å². The highest BCUT2D eigenvalue weighted by atomic mass is 32.1. The van der Waals surface area contributed by atoms with Crippen LogP contribution in [0.5, 0.6) is 0 Å². The molecule has 0 aliphatic rings. The monoisotopic (exact) mass is 357 g/mol. The lowest BCUT2D eigenvalue weighted by molar-refractivity contribution is -0.126. The van der Waals surface area contributed by atoms with E-state index in [-0.39, 0.29) is 11.5 Å². The standard InChI is InChI=1S/C18H19N3O3S/c1-4-13(24-3)16(22)20-21-10-19-17-15(18(21)23)14(11(2)25-17)12-8-6-5-7-9-12/h5-10,13H,4H2,1-3H3,(H,20,22). The Balaban J connectivity index is 2.11. The predicted molar refractivity (Wildman–Crippen MR) is 99.5 cm³/mol. The minimum absolute atomic E-state index is 0.299. The zero-order valence-electron chi connectivity index (χ0n) is 14.3. The Morgan fingerprint density at radius 1 is 1.36 bits per heavy atom. The number of ether oxygens (including phenoxy) is 1. The number of nitrogens with zero attached hydrogens (tertiary/aromatic N) is 2. The van der Waals surface area contributed by atoms with Crippen LogP contribution in [0.1, 0.15) is 18.2 Å². The normalized spacial score (nSPS) is 12.3. The van der Waals surface area contributed by atoms with E-state index in [4.69, 9.17) is 4.74 Å². The van der Waals surface area contributed by atoms with Crippen LogP contribution in [0.15, 0.2) is 41.5 Å². The molecule has 1 aromatic carbocycles. The molecule has 130 valence electrons. The Bertz CT molecular complexity index is 959. The summed E-state index contributed by atoms with van der Waals surface area (Å²) >= 11 is 1.47. The molecule has 1 atom stereocenters. The van der Waals surface area contributed by atoms with E-state index in [1.807, 2.05) is 44.2 Å². The fraction of sp³-hybridized carbons (Fsp3) is 0.278. The molecule has 1 amide bonds. The number of nitrogens with one attached hydrogen (secondary N) is 1. The second kappa shape index (κ2) is 7.16. The minimum Gasteiger partial charge on any atom is -0.372 e. The van der Waals surface area contributed by atoms with Crippen LogP contribution in [0, 0.1) is 6.92 Å². The zero-order valence-corrected chi connectivity index (χ0v) is 15.1. The third-order valence-electron chi connectivity index (χ3n) is 4.03. The smallest absolute Gasteiger partial charge is 0.281 e. The molecule has 0 saturated heterocycles. The second-order valence-corrected chi connectivity index (χ2v) is 6.81. The highest BCUT2D eigenvalue weighted by Crippen LogP contribution is 2.35. The summed E-state index contributed by atoms with van der Waals surface area (Å²) in [7, 11) is 1.47. The van der Waals surface area contributed by atoms with Crippen molar-refractivity contribution >= 4 is 27.5 Å². The van der Waals surface area contributed by atoms with E-state index in [0.29, 0.717) is 16.6 Å². The number of methoxy groups -OCH3 is 1. The first-order valence-electron chi connectivity index (χ1n) is 7.96. The SMILES string of the molecule is CCC(OC)C(=O)Nn1cnc2sc(C)c(-c3ccccc3)c2c1=O. The number of hydrogen-bond acceptors (Lipinski definition) is 5. The van der Waals surface area contributed by atoms with Gasteiger partial charge in [0.2, 0.25) is 0 Å². The molecule has 0 bridgehead atoms. The number of fused-ring (bicyclic) bond motifs is 1. The number of carbonyl (C=O) groups is 1. The van der Waals surface area contributed by atoms with E-state index in [2.05, 4.69) is 10.4 Å². The molecule has 2 heterocycles. The predicted octanol–water partition coefficient (Wildman–Crippen LogP) is 2.93. The molecule has 25 heavy (non-hydrogen) atoms. The van der Waals surface area contributed by atoms with Gasteiger partial charge < -0.3 is 4.74 Å². The maximum absolute atomic E-state index is 12.9. The first-order chi connectivity index (χ1) is 12.1. The van der Waals surface area contributed by atoms with Gasteiger partial charge in [-0.25, -0.2) is 9.66 Å². The average Bonchev–Trinajstić information content (AvgIpc) is 2.96. The molecule has 1 unspecified atom stereocenters. The first kappa shape index (κ1) is 17.3. The Hall–Kier alpha value is -2.51. The van der Waals surface area contributed by atoms with Crippen LogP contribution in [0.2, 0.25) is 0 Å². The van der Waals surface area contributed by atoms with Crippen LogP contribution in [0.4, 0.5) is 0 Å². The molecular weight excluding hydrogens is 338 g/mol. The fourth-order valence-corrected chi connectivity index (χ4v) is 3.79. The molecule has 6 nitrogen and oxygen atoms in total. The van der Waals surface area contributed by atoms with Crippen molar-refractivity contribution in [2.45, 2.75) is 26.4 Å². The quantitative estimate of drug-likeness (QED) is 0.762. The summed E-state index contributed by atoms with van der Waals surface area (Å²) in [6.07, 6.45) is 1.25. The number of rotatable bonds is 5. The highest BCUT2D eigenvalue weighted by Gasteiger charge is 2.20. The van der Waals surface area contributed by atoms with Gasteiger partial charge >= 0.3 is 0 Å². The van der Waals surface area contributed by atoms with Crippen LogP contribution in [-0.4, -0.2) is 28.8 Å². The fourth-order valence-electron chi connectivity index (χ4n) is 2.78. The summed E-state index contributed by atoms with van der Waals surface area (Å²) in [6, 6.07) is 9.71. The molecule has 0 saturated carbocycles. The maximum Gasteiger partial charge on any atom is 0.281 e. The average molecular weight is 357 g/mol. The topological polar surface area (TPSA) is 73.2 Å². The number of hydrogen-bond donors (Lipinski definition) is 1. The lowest BCUT2D eigenvalue weighted by Gasteiger charge is -2.14. The number of benzene rings is 1. The van der Waals surface area contributed by atoms with Crippen molar-refractivity contribution in [1.82, 2.24) is 9.66 Å². The van der Waals surface area contributed by atoms with Crippen molar-refractivity contribution in [3.8, 4) is 11.1 Å². The van der Waals surface area contributed by atoms with Gasteiger partial charge in [0.25, 0.3) is 11.5 Å². The second-order valence-electron chi connectivity index (χ2n) is 5.61. The molecule has 3 aromatic rings. The number of thiophene rings is 1. The molecule has 1 N–H and O–H groups in total. The molecule has 7 heteroatoms. The summed E-state index contributed by atoms with van der Waals surface area (Å²) in [6.45, 7) is 3.81. The molecule has 2 aromatic heterocycles. The van der Waals surface area contributed by atoms with Gasteiger partial charge in [0.05, 0.1) is 5.39 Å². The molecule has 0 aliphatic carbocycles. The van der Waals surface area contributed by atoms with Crippen LogP contribution in [0.3, 0.4) is 0 Å². The van der Waals surface area contributed by atoms with Crippen molar-refractivity contribution in [3.05, 3.63) is 51.9 Å². The first-order valence-corrected chi connectivity index (χ1v) is 8.78. The van der Waals surface area contributed by atoms with Gasteiger partial charge in [0.15, 0.2) is 0 Å². The largest absolute Gasteiger partial charge is 0.372 e. The Morgan fingerprint density at radius 3 is 2.72 bits per heavy atom. The molecule has 3 rings (SSSR count). The van der Waals surface area contributed by atoms with Crippen molar-refractivity contribution in [3.63, 3.8) is 0 Å². The van der Waals surface area contributed by atoms with Crippen LogP contribution >= 0.6 is 11.3 Å². The number of carbonyl (C=O) groups excluding carboxylic acids is 1. The van der Waals surface area contributed by atoms with Crippen molar-refractivity contribution in [1.29, 1.82) is 0 Å². The van der Waals surface area contributed by atoms with Crippen molar-refractivity contribution < 1.29 is 9.53 Å². The molecule has 0 spiro atoms. The van der Waals surface area contributed by atoms with E-state index in [1.165, 1.54) is 24.8 Å². The van der Waals surface area contributed by atoms with E-state index in [1.54, 1.807) is 0 Å². The Kier molecular flexibility index (Phi) is 4.96. The van der Waals surface area contributed by atoms with Crippen LogP contribution in [-0.2, 0) is 9.53 Å². The Morgan fingerprint density at radius 2 is 2.08 bits per heavy atom. The lowest BCUT2D eigenvalue weighted by Crippen LogP contribution is -2.39. The molecule has 0 fully saturated rings. The van der Waals surface area contributed by atoms with Crippen LogP contribution in [0.25, 0.3) is 21.3 Å². The van der Waals surface area contributed by atoms with E-state index >= 15 is 0 Å². The highest BCUT2D eigenvalue weighted by molar-refractivity contribution is 7.19. The van der Waals surface area contributed by atoms with Gasteiger partial charge in [-0.2, -0.15) is 0 Å². The van der Waals surface area contributed by atoms with E-state index < -0.39 is 6.10 Å². The minimum atomic E-state index is -0.611. The lowest BCUT2D eigenvalue weighted by atomic mass is 10.0. The van der Waals surface area contributed by atoms with Crippen molar-refractivity contribution in [2.24, 2.45) is 0 Å². The Labute approximate surface area is 149 Å². The molecule has 0 aliphatic heterocycles. The van der Waals surface area contributed by atoms with Gasteiger partial charge in [-0.1, -0.05) is 37.3 Å². The number of aryl methyl sites for hydroxylation is 1.